The first kappa shape index (κ1) is 36.4. The Kier molecular flexibility index (Phi) is 9.72. The van der Waals surface area contributed by atoms with Crippen LogP contribution >= 0.6 is 0 Å². The molecule has 3 N–H and O–H groups in total. The number of carbonyl (C=O) groups excluding carboxylic acids is 4. The molecular formula is C36H42FN7O8S. The SMILES string of the molecule is CCc1nc2ccc(F)cc2nc1O[C@@H]1C[C@H]2C(=O)N[C@]3(C(=O)NS(=O)(=O)C4(C)CC4)C[C@H]3/C=C\CCCCC[C@H](NC(=O)c3ccon3)C(=O)N2C1. The van der Waals surface area contributed by atoms with E-state index < -0.39 is 73.9 Å². The summed E-state index contributed by atoms with van der Waals surface area (Å²) in [7, 11) is -4.01. The zero-order valence-electron chi connectivity index (χ0n) is 29.5. The zero-order valence-corrected chi connectivity index (χ0v) is 30.3. The normalized spacial score (nSPS) is 27.7. The van der Waals surface area contributed by atoms with E-state index in [1.165, 1.54) is 35.4 Å². The smallest absolute Gasteiger partial charge is 0.274 e. The van der Waals surface area contributed by atoms with Crippen molar-refractivity contribution in [2.75, 3.05) is 6.54 Å². The molecule has 15 nitrogen and oxygen atoms in total. The molecule has 0 spiro atoms. The van der Waals surface area contributed by atoms with Crippen LogP contribution in [0, 0.1) is 11.7 Å². The predicted octanol–water partition coefficient (Wildman–Crippen LogP) is 2.86. The van der Waals surface area contributed by atoms with Gasteiger partial charge < -0.3 is 24.8 Å². The second kappa shape index (κ2) is 14.1. The van der Waals surface area contributed by atoms with E-state index in [-0.39, 0.29) is 42.9 Å². The number of hydrogen-bond acceptors (Lipinski definition) is 11. The van der Waals surface area contributed by atoms with E-state index in [4.69, 9.17) is 9.26 Å². The van der Waals surface area contributed by atoms with Crippen molar-refractivity contribution in [1.82, 2.24) is 35.4 Å². The van der Waals surface area contributed by atoms with Gasteiger partial charge in [0.2, 0.25) is 27.7 Å². The van der Waals surface area contributed by atoms with Gasteiger partial charge in [0.25, 0.3) is 11.8 Å². The van der Waals surface area contributed by atoms with Gasteiger partial charge >= 0.3 is 0 Å². The average molecular weight is 752 g/mol. The van der Waals surface area contributed by atoms with Crippen molar-refractivity contribution in [1.29, 1.82) is 0 Å². The van der Waals surface area contributed by atoms with Gasteiger partial charge in [0.1, 0.15) is 41.5 Å². The minimum absolute atomic E-state index is 0.0168. The molecule has 17 heteroatoms. The van der Waals surface area contributed by atoms with E-state index >= 15 is 0 Å². The lowest BCUT2D eigenvalue weighted by molar-refractivity contribution is -0.141. The standard InChI is InChI=1S/C36H42FN7O8S/c1-3-24-32(40-28-17-22(37)11-12-25(28)38-24)52-23-18-29-31(46)41-36(34(48)43-53(49,50)35(2)14-15-35)19-21(36)9-7-5-4-6-8-10-27(33(47)44(29)20-23)39-30(45)26-13-16-51-42-26/h7,9,11-13,16-17,21,23,27,29H,3-6,8,10,14-15,18-20H2,1-2H3,(H,39,45)(H,41,46)(H,43,48)/b9-7-/t21-,23-,27+,29+,36-/m1/s1. The number of benzene rings is 1. The molecule has 0 unspecified atom stereocenters. The van der Waals surface area contributed by atoms with Crippen LogP contribution in [0.4, 0.5) is 4.39 Å². The molecule has 1 saturated heterocycles. The summed E-state index contributed by atoms with van der Waals surface area (Å²) in [5.41, 5.74) is -0.328. The quantitative estimate of drug-likeness (QED) is 0.286. The minimum Gasteiger partial charge on any atom is -0.471 e. The van der Waals surface area contributed by atoms with Crippen LogP contribution in [-0.2, 0) is 30.8 Å². The Balaban J connectivity index is 1.20. The van der Waals surface area contributed by atoms with Gasteiger partial charge in [0.15, 0.2) is 5.69 Å². The molecule has 0 radical (unpaired) electrons. The van der Waals surface area contributed by atoms with Crippen molar-refractivity contribution >= 4 is 44.7 Å². The molecule has 0 bridgehead atoms. The first-order chi connectivity index (χ1) is 25.3. The minimum atomic E-state index is -4.01. The predicted molar refractivity (Wildman–Crippen MR) is 187 cm³/mol. The summed E-state index contributed by atoms with van der Waals surface area (Å²) in [6, 6.07) is 3.20. The zero-order chi connectivity index (χ0) is 37.5. The highest BCUT2D eigenvalue weighted by atomic mass is 32.2. The molecule has 3 fully saturated rings. The van der Waals surface area contributed by atoms with E-state index in [1.54, 1.807) is 6.92 Å². The number of rotatable bonds is 8. The first-order valence-corrected chi connectivity index (χ1v) is 19.5. The summed E-state index contributed by atoms with van der Waals surface area (Å²) in [6.07, 6.45) is 8.65. The number of ether oxygens (including phenoxy) is 1. The number of aromatic nitrogens is 3. The third-order valence-electron chi connectivity index (χ3n) is 10.7. The van der Waals surface area contributed by atoms with Crippen molar-refractivity contribution in [2.45, 2.75) is 107 Å². The third kappa shape index (κ3) is 7.35. The van der Waals surface area contributed by atoms with Crippen molar-refractivity contribution in [3.05, 3.63) is 59.9 Å². The van der Waals surface area contributed by atoms with Crippen LogP contribution in [0.3, 0.4) is 0 Å². The maximum Gasteiger partial charge on any atom is 0.274 e. The van der Waals surface area contributed by atoms with Crippen LogP contribution in [0.15, 0.2) is 47.2 Å². The van der Waals surface area contributed by atoms with Gasteiger partial charge in [-0.25, -0.2) is 22.8 Å². The van der Waals surface area contributed by atoms with Crippen LogP contribution in [-0.4, -0.2) is 87.1 Å². The number of fused-ring (bicyclic) bond motifs is 3. The Morgan fingerprint density at radius 2 is 1.94 bits per heavy atom. The molecule has 2 aliphatic heterocycles. The highest BCUT2D eigenvalue weighted by Crippen LogP contribution is 2.47. The van der Waals surface area contributed by atoms with E-state index in [9.17, 15) is 32.0 Å². The van der Waals surface area contributed by atoms with E-state index in [0.29, 0.717) is 43.3 Å². The maximum absolute atomic E-state index is 14.5. The summed E-state index contributed by atoms with van der Waals surface area (Å²) < 4.78 is 52.6. The summed E-state index contributed by atoms with van der Waals surface area (Å²) in [6.45, 7) is 3.34. The van der Waals surface area contributed by atoms with Crippen molar-refractivity contribution in [3.8, 4) is 5.88 Å². The molecule has 4 heterocycles. The van der Waals surface area contributed by atoms with E-state index in [1.807, 2.05) is 19.1 Å². The monoisotopic (exact) mass is 751 g/mol. The number of allylic oxidation sites excluding steroid dienone is 1. The second-order valence-corrected chi connectivity index (χ2v) is 16.8. The summed E-state index contributed by atoms with van der Waals surface area (Å²) >= 11 is 0. The van der Waals surface area contributed by atoms with Gasteiger partial charge in [-0.3, -0.25) is 23.9 Å². The molecule has 2 aliphatic carbocycles. The summed E-state index contributed by atoms with van der Waals surface area (Å²) in [5.74, 6) is -3.51. The van der Waals surface area contributed by atoms with Crippen LogP contribution in [0.2, 0.25) is 0 Å². The van der Waals surface area contributed by atoms with Crippen LogP contribution in [0.5, 0.6) is 5.88 Å². The van der Waals surface area contributed by atoms with Gasteiger partial charge in [-0.2, -0.15) is 0 Å². The summed E-state index contributed by atoms with van der Waals surface area (Å²) in [4.78, 5) is 66.1. The van der Waals surface area contributed by atoms with E-state index in [0.717, 1.165) is 12.8 Å². The molecule has 2 aromatic heterocycles. The van der Waals surface area contributed by atoms with Crippen LogP contribution in [0.25, 0.3) is 11.0 Å². The van der Waals surface area contributed by atoms with Crippen molar-refractivity contribution in [2.24, 2.45) is 5.92 Å². The lowest BCUT2D eigenvalue weighted by atomic mass is 10.0. The van der Waals surface area contributed by atoms with Gasteiger partial charge in [-0.05, 0) is 64.0 Å². The molecule has 2 saturated carbocycles. The number of amides is 4. The second-order valence-electron chi connectivity index (χ2n) is 14.6. The number of carbonyl (C=O) groups is 4. The lowest BCUT2D eigenvalue weighted by Crippen LogP contribution is -2.58. The van der Waals surface area contributed by atoms with Crippen molar-refractivity contribution < 1.29 is 41.2 Å². The van der Waals surface area contributed by atoms with Gasteiger partial charge in [0, 0.05) is 24.5 Å². The summed E-state index contributed by atoms with van der Waals surface area (Å²) in [5, 5.41) is 9.29. The van der Waals surface area contributed by atoms with Crippen molar-refractivity contribution in [3.63, 3.8) is 0 Å². The van der Waals surface area contributed by atoms with Gasteiger partial charge in [-0.15, -0.1) is 0 Å². The fraction of sp³-hybridized carbons (Fsp3) is 0.528. The largest absolute Gasteiger partial charge is 0.471 e. The Morgan fingerprint density at radius 1 is 1.13 bits per heavy atom. The first-order valence-electron chi connectivity index (χ1n) is 18.0. The van der Waals surface area contributed by atoms with Gasteiger partial charge in [0.05, 0.1) is 22.3 Å². The Bertz CT molecular complexity index is 2070. The van der Waals surface area contributed by atoms with Crippen LogP contribution in [0.1, 0.15) is 87.8 Å². The van der Waals surface area contributed by atoms with Gasteiger partial charge in [-0.1, -0.05) is 37.1 Å². The third-order valence-corrected chi connectivity index (χ3v) is 12.9. The molecule has 4 amide bonds. The van der Waals surface area contributed by atoms with E-state index in [2.05, 4.69) is 30.5 Å². The molecule has 1 aromatic carbocycles. The number of nitrogens with one attached hydrogen (secondary N) is 3. The Labute approximate surface area is 305 Å². The number of aryl methyl sites for hydroxylation is 1. The molecule has 53 heavy (non-hydrogen) atoms. The highest BCUT2D eigenvalue weighted by molar-refractivity contribution is 7.91. The molecule has 5 atom stereocenters. The molecular weight excluding hydrogens is 710 g/mol. The topological polar surface area (TPSA) is 203 Å². The average Bonchev–Trinajstić information content (AvgIpc) is 3.87. The molecule has 282 valence electrons. The highest BCUT2D eigenvalue weighted by Gasteiger charge is 2.63. The maximum atomic E-state index is 14.5. The number of nitrogens with zero attached hydrogens (tertiary/aromatic N) is 4. The number of hydrogen-bond donors (Lipinski definition) is 3. The molecule has 3 aromatic rings. The molecule has 4 aliphatic rings. The fourth-order valence-corrected chi connectivity index (χ4v) is 8.35. The van der Waals surface area contributed by atoms with Crippen LogP contribution < -0.4 is 20.1 Å². The Hall–Kier alpha value is -4.93. The number of sulfonamides is 1. The Morgan fingerprint density at radius 3 is 2.68 bits per heavy atom. The molecule has 7 rings (SSSR count). The lowest BCUT2D eigenvalue weighted by Gasteiger charge is -2.30. The fourth-order valence-electron chi connectivity index (χ4n) is 7.04. The number of halogens is 1.